The first-order chi connectivity index (χ1) is 8.61. The molecule has 3 fully saturated rings. The van der Waals surface area contributed by atoms with Crippen LogP contribution in [0.4, 0.5) is 0 Å². The van der Waals surface area contributed by atoms with Crippen molar-refractivity contribution in [3.63, 3.8) is 0 Å². The lowest BCUT2D eigenvalue weighted by Gasteiger charge is -2.27. The van der Waals surface area contributed by atoms with Crippen LogP contribution in [-0.2, 0) is 14.6 Å². The summed E-state index contributed by atoms with van der Waals surface area (Å²) in [4.78, 5) is 0. The molecule has 5 unspecified atom stereocenters. The van der Waals surface area contributed by atoms with Crippen LogP contribution in [0, 0.1) is 17.8 Å². The first-order valence-corrected chi connectivity index (χ1v) is 8.98. The third kappa shape index (κ3) is 2.21. The molecule has 104 valence electrons. The standard InChI is InChI=1S/C13H23NO3S/c1-2-4-18(15,16)5-3-17-13-9-6-10-8-14-12(13)11(10)7-9/h9-14H,2-8H2,1H3. The zero-order valence-corrected chi connectivity index (χ0v) is 11.8. The van der Waals surface area contributed by atoms with Crippen LogP contribution in [0.3, 0.4) is 0 Å². The normalized spacial score (nSPS) is 41.7. The number of hydrogen-bond donors (Lipinski definition) is 1. The molecule has 1 saturated heterocycles. The largest absolute Gasteiger partial charge is 0.375 e. The molecule has 5 heteroatoms. The number of rotatable bonds is 6. The lowest BCUT2D eigenvalue weighted by atomic mass is 9.88. The van der Waals surface area contributed by atoms with E-state index in [1.165, 1.54) is 12.8 Å². The van der Waals surface area contributed by atoms with Crippen molar-refractivity contribution in [2.75, 3.05) is 24.7 Å². The van der Waals surface area contributed by atoms with Crippen LogP contribution in [-0.4, -0.2) is 45.2 Å². The highest BCUT2D eigenvalue weighted by atomic mass is 32.2. The molecule has 0 aromatic rings. The van der Waals surface area contributed by atoms with Gasteiger partial charge in [-0.25, -0.2) is 8.42 Å². The Kier molecular flexibility index (Phi) is 3.41. The Balaban J connectivity index is 1.50. The van der Waals surface area contributed by atoms with Crippen LogP contribution < -0.4 is 5.32 Å². The molecule has 0 aromatic carbocycles. The van der Waals surface area contributed by atoms with E-state index in [2.05, 4.69) is 5.32 Å². The van der Waals surface area contributed by atoms with Crippen molar-refractivity contribution in [1.82, 2.24) is 5.32 Å². The monoisotopic (exact) mass is 273 g/mol. The number of ether oxygens (including phenoxy) is 1. The Bertz CT molecular complexity index is 406. The minimum Gasteiger partial charge on any atom is -0.375 e. The molecule has 0 radical (unpaired) electrons. The van der Waals surface area contributed by atoms with Crippen LogP contribution in [0.25, 0.3) is 0 Å². The van der Waals surface area contributed by atoms with E-state index in [9.17, 15) is 8.42 Å². The Hall–Kier alpha value is -0.130. The van der Waals surface area contributed by atoms with Crippen LogP contribution in [0.2, 0.25) is 0 Å². The van der Waals surface area contributed by atoms with Gasteiger partial charge in [0.2, 0.25) is 0 Å². The van der Waals surface area contributed by atoms with Crippen LogP contribution in [0.1, 0.15) is 26.2 Å². The van der Waals surface area contributed by atoms with E-state index in [0.29, 0.717) is 25.0 Å². The first-order valence-electron chi connectivity index (χ1n) is 7.16. The molecule has 3 aliphatic rings. The van der Waals surface area contributed by atoms with Gasteiger partial charge in [-0.15, -0.1) is 0 Å². The topological polar surface area (TPSA) is 55.4 Å². The zero-order chi connectivity index (χ0) is 12.8. The second-order valence-corrected chi connectivity index (χ2v) is 8.38. The van der Waals surface area contributed by atoms with Crippen molar-refractivity contribution < 1.29 is 13.2 Å². The van der Waals surface area contributed by atoms with Gasteiger partial charge in [-0.2, -0.15) is 0 Å². The molecule has 18 heavy (non-hydrogen) atoms. The maximum Gasteiger partial charge on any atom is 0.152 e. The molecular weight excluding hydrogens is 250 g/mol. The molecule has 0 spiro atoms. The Morgan fingerprint density at radius 3 is 2.83 bits per heavy atom. The molecule has 0 aromatic heterocycles. The average Bonchev–Trinajstić information content (AvgIpc) is 2.88. The van der Waals surface area contributed by atoms with E-state index in [-0.39, 0.29) is 17.6 Å². The SMILES string of the molecule is CCCS(=O)(=O)CCOC1C2CC3CNC1C3C2. The van der Waals surface area contributed by atoms with E-state index in [1.54, 1.807) is 0 Å². The summed E-state index contributed by atoms with van der Waals surface area (Å²) in [5.41, 5.74) is 0. The first kappa shape index (κ1) is 12.9. The van der Waals surface area contributed by atoms with Crippen LogP contribution in [0.15, 0.2) is 0 Å². The molecule has 5 atom stereocenters. The van der Waals surface area contributed by atoms with Gasteiger partial charge in [-0.3, -0.25) is 0 Å². The zero-order valence-electron chi connectivity index (χ0n) is 11.0. The Morgan fingerprint density at radius 1 is 1.22 bits per heavy atom. The molecule has 0 amide bonds. The van der Waals surface area contributed by atoms with Gasteiger partial charge < -0.3 is 10.1 Å². The van der Waals surface area contributed by atoms with Gasteiger partial charge in [0.05, 0.1) is 18.5 Å². The third-order valence-corrected chi connectivity index (χ3v) is 6.72. The van der Waals surface area contributed by atoms with Crippen LogP contribution in [0.5, 0.6) is 0 Å². The lowest BCUT2D eigenvalue weighted by Crippen LogP contribution is -2.40. The van der Waals surface area contributed by atoms with E-state index >= 15 is 0 Å². The summed E-state index contributed by atoms with van der Waals surface area (Å²) in [5, 5.41) is 3.56. The summed E-state index contributed by atoms with van der Waals surface area (Å²) in [5.74, 6) is 2.81. The van der Waals surface area contributed by atoms with Gasteiger partial charge in [0.1, 0.15) is 0 Å². The minimum atomic E-state index is -2.90. The van der Waals surface area contributed by atoms with Crippen molar-refractivity contribution >= 4 is 9.84 Å². The highest BCUT2D eigenvalue weighted by molar-refractivity contribution is 7.91. The molecule has 2 bridgehead atoms. The number of fused-ring (bicyclic) bond motifs is 1. The van der Waals surface area contributed by atoms with E-state index in [1.807, 2.05) is 6.92 Å². The predicted molar refractivity (Wildman–Crippen MR) is 70.2 cm³/mol. The quantitative estimate of drug-likeness (QED) is 0.778. The Labute approximate surface area is 109 Å². The van der Waals surface area contributed by atoms with Gasteiger partial charge in [-0.05, 0) is 43.6 Å². The van der Waals surface area contributed by atoms with Crippen molar-refractivity contribution in [1.29, 1.82) is 0 Å². The fourth-order valence-corrected chi connectivity index (χ4v) is 5.38. The van der Waals surface area contributed by atoms with Crippen molar-refractivity contribution in [2.45, 2.75) is 38.3 Å². The van der Waals surface area contributed by atoms with E-state index in [0.717, 1.165) is 18.4 Å². The maximum absolute atomic E-state index is 11.6. The average molecular weight is 273 g/mol. The predicted octanol–water partition coefficient (Wildman–Crippen LogP) is 0.824. The summed E-state index contributed by atoms with van der Waals surface area (Å²) >= 11 is 0. The van der Waals surface area contributed by atoms with Gasteiger partial charge in [-0.1, -0.05) is 6.92 Å². The summed E-state index contributed by atoms with van der Waals surface area (Å²) in [6.45, 7) is 3.41. The van der Waals surface area contributed by atoms with Gasteiger partial charge in [0.15, 0.2) is 9.84 Å². The van der Waals surface area contributed by atoms with Gasteiger partial charge >= 0.3 is 0 Å². The number of sulfone groups is 1. The van der Waals surface area contributed by atoms with E-state index in [4.69, 9.17) is 4.74 Å². The molecule has 3 rings (SSSR count). The lowest BCUT2D eigenvalue weighted by molar-refractivity contribution is 0.0109. The fraction of sp³-hybridized carbons (Fsp3) is 1.00. The number of hydrogen-bond acceptors (Lipinski definition) is 4. The smallest absolute Gasteiger partial charge is 0.152 e. The third-order valence-electron chi connectivity index (χ3n) is 4.90. The van der Waals surface area contributed by atoms with Gasteiger partial charge in [0.25, 0.3) is 0 Å². The van der Waals surface area contributed by atoms with Crippen molar-refractivity contribution in [3.8, 4) is 0 Å². The second kappa shape index (κ2) is 4.76. The van der Waals surface area contributed by atoms with Crippen molar-refractivity contribution in [3.05, 3.63) is 0 Å². The highest BCUT2D eigenvalue weighted by Crippen LogP contribution is 2.52. The number of nitrogens with one attached hydrogen (secondary N) is 1. The Morgan fingerprint density at radius 2 is 2.06 bits per heavy atom. The molecule has 2 saturated carbocycles. The van der Waals surface area contributed by atoms with Crippen molar-refractivity contribution in [2.24, 2.45) is 17.8 Å². The fourth-order valence-electron chi connectivity index (χ4n) is 4.20. The molecular formula is C13H23NO3S. The van der Waals surface area contributed by atoms with Gasteiger partial charge in [0, 0.05) is 11.8 Å². The summed E-state index contributed by atoms with van der Waals surface area (Å²) in [6, 6.07) is 0.502. The summed E-state index contributed by atoms with van der Waals surface area (Å²) < 4.78 is 29.2. The molecule has 1 aliphatic heterocycles. The molecule has 4 nitrogen and oxygen atoms in total. The van der Waals surface area contributed by atoms with Crippen LogP contribution >= 0.6 is 0 Å². The molecule has 2 aliphatic carbocycles. The summed E-state index contributed by atoms with van der Waals surface area (Å²) in [6.07, 6.45) is 3.53. The summed E-state index contributed by atoms with van der Waals surface area (Å²) in [7, 11) is -2.90. The molecule has 1 heterocycles. The molecule has 1 N–H and O–H groups in total. The highest BCUT2D eigenvalue weighted by Gasteiger charge is 2.56. The minimum absolute atomic E-state index is 0.185. The maximum atomic E-state index is 11.6. The second-order valence-electron chi connectivity index (χ2n) is 6.08. The van der Waals surface area contributed by atoms with E-state index < -0.39 is 9.84 Å².